The molecule has 7 nitrogen and oxygen atoms in total. The van der Waals surface area contributed by atoms with Crippen LogP contribution < -0.4 is 22.4 Å². The van der Waals surface area contributed by atoms with Gasteiger partial charge in [-0.3, -0.25) is 9.79 Å². The Morgan fingerprint density at radius 3 is 2.81 bits per heavy atom. The van der Waals surface area contributed by atoms with Crippen LogP contribution in [-0.4, -0.2) is 10.6 Å². The minimum absolute atomic E-state index is 0.240. The van der Waals surface area contributed by atoms with Crippen molar-refractivity contribution in [3.8, 4) is 0 Å². The molecule has 0 fully saturated rings. The SMILES string of the molecule is Nc1cc(C(=O)NCc2ccccc2Br)cc(=NCc2ccoc2)n1N. The number of hydrogen-bond acceptors (Lipinski definition) is 5. The number of nitrogen functional groups attached to an aromatic ring is 2. The number of furan rings is 1. The molecule has 134 valence electrons. The smallest absolute Gasteiger partial charge is 0.251 e. The van der Waals surface area contributed by atoms with Crippen molar-refractivity contribution < 1.29 is 9.21 Å². The average Bonchev–Trinajstić information content (AvgIpc) is 3.15. The summed E-state index contributed by atoms with van der Waals surface area (Å²) in [6, 6.07) is 12.6. The number of hydrogen-bond donors (Lipinski definition) is 3. The Morgan fingerprint density at radius 2 is 2.08 bits per heavy atom. The zero-order valence-electron chi connectivity index (χ0n) is 13.9. The second-order valence-corrected chi connectivity index (χ2v) is 6.47. The first-order chi connectivity index (χ1) is 12.5. The average molecular weight is 416 g/mol. The third-order valence-electron chi connectivity index (χ3n) is 3.78. The Balaban J connectivity index is 1.80. The summed E-state index contributed by atoms with van der Waals surface area (Å²) in [5.41, 5.74) is 8.57. The van der Waals surface area contributed by atoms with Crippen LogP contribution in [0.5, 0.6) is 0 Å². The number of benzene rings is 1. The highest BCUT2D eigenvalue weighted by Gasteiger charge is 2.10. The van der Waals surface area contributed by atoms with Crippen LogP contribution >= 0.6 is 15.9 Å². The summed E-state index contributed by atoms with van der Waals surface area (Å²) >= 11 is 3.46. The Morgan fingerprint density at radius 1 is 1.27 bits per heavy atom. The minimum Gasteiger partial charge on any atom is -0.472 e. The Bertz CT molecular complexity index is 979. The van der Waals surface area contributed by atoms with Gasteiger partial charge < -0.3 is 21.3 Å². The standard InChI is InChI=1S/C18H18BrN5O2/c19-15-4-2-1-3-13(15)10-23-18(25)14-7-16(20)24(21)17(8-14)22-9-12-5-6-26-11-12/h1-8,11H,9-10,20-21H2,(H,23,25). The molecular formula is C18H18BrN5O2. The fraction of sp³-hybridized carbons (Fsp3) is 0.111. The molecule has 3 aromatic rings. The van der Waals surface area contributed by atoms with Crippen molar-refractivity contribution in [2.45, 2.75) is 13.1 Å². The number of carbonyl (C=O) groups is 1. The molecule has 0 saturated heterocycles. The van der Waals surface area contributed by atoms with Gasteiger partial charge in [-0.1, -0.05) is 34.1 Å². The second-order valence-electron chi connectivity index (χ2n) is 5.62. The molecule has 0 atom stereocenters. The van der Waals surface area contributed by atoms with Crippen molar-refractivity contribution in [3.63, 3.8) is 0 Å². The van der Waals surface area contributed by atoms with Gasteiger partial charge in [-0.15, -0.1) is 0 Å². The van der Waals surface area contributed by atoms with Gasteiger partial charge in [0.15, 0.2) is 0 Å². The van der Waals surface area contributed by atoms with Gasteiger partial charge in [0.2, 0.25) is 0 Å². The number of pyridine rings is 1. The highest BCUT2D eigenvalue weighted by atomic mass is 79.9. The van der Waals surface area contributed by atoms with E-state index in [1.807, 2.05) is 30.3 Å². The molecule has 0 unspecified atom stereocenters. The van der Waals surface area contributed by atoms with Crippen molar-refractivity contribution >= 4 is 27.7 Å². The van der Waals surface area contributed by atoms with E-state index in [1.165, 1.54) is 10.7 Å². The molecule has 1 amide bonds. The monoisotopic (exact) mass is 415 g/mol. The Kier molecular flexibility index (Phi) is 5.43. The lowest BCUT2D eigenvalue weighted by molar-refractivity contribution is 0.0950. The van der Waals surface area contributed by atoms with Crippen LogP contribution in [0.1, 0.15) is 21.5 Å². The lowest BCUT2D eigenvalue weighted by atomic mass is 10.2. The summed E-state index contributed by atoms with van der Waals surface area (Å²) in [6.45, 7) is 0.758. The van der Waals surface area contributed by atoms with Gasteiger partial charge in [0.25, 0.3) is 5.91 Å². The Hall–Kier alpha value is -3.00. The van der Waals surface area contributed by atoms with Gasteiger partial charge >= 0.3 is 0 Å². The number of aromatic nitrogens is 1. The van der Waals surface area contributed by atoms with Crippen LogP contribution in [-0.2, 0) is 13.1 Å². The molecule has 0 aliphatic rings. The van der Waals surface area contributed by atoms with Crippen LogP contribution in [0.2, 0.25) is 0 Å². The number of rotatable bonds is 5. The van der Waals surface area contributed by atoms with Crippen LogP contribution in [0.15, 0.2) is 68.9 Å². The van der Waals surface area contributed by atoms with Crippen molar-refractivity contribution in [2.75, 3.05) is 11.6 Å². The van der Waals surface area contributed by atoms with E-state index in [-0.39, 0.29) is 11.7 Å². The summed E-state index contributed by atoms with van der Waals surface area (Å²) in [7, 11) is 0. The minimum atomic E-state index is -0.257. The first-order valence-corrected chi connectivity index (χ1v) is 8.64. The predicted molar refractivity (Wildman–Crippen MR) is 102 cm³/mol. The normalized spacial score (nSPS) is 11.5. The molecule has 5 N–H and O–H groups in total. The summed E-state index contributed by atoms with van der Waals surface area (Å²) in [5, 5.41) is 2.87. The molecule has 0 aliphatic heterocycles. The van der Waals surface area contributed by atoms with Gasteiger partial charge in [-0.25, -0.2) is 4.68 Å². The highest BCUT2D eigenvalue weighted by Crippen LogP contribution is 2.15. The molecule has 0 saturated carbocycles. The molecular weight excluding hydrogens is 398 g/mol. The quantitative estimate of drug-likeness (QED) is 0.554. The number of nitrogens with two attached hydrogens (primary N) is 2. The lowest BCUT2D eigenvalue weighted by Gasteiger charge is -2.10. The summed E-state index contributed by atoms with van der Waals surface area (Å²) in [4.78, 5) is 16.9. The van der Waals surface area contributed by atoms with Crippen LogP contribution in [0.3, 0.4) is 0 Å². The maximum Gasteiger partial charge on any atom is 0.251 e. The number of nitrogens with one attached hydrogen (secondary N) is 1. The van der Waals surface area contributed by atoms with Gasteiger partial charge in [0.1, 0.15) is 11.3 Å². The van der Waals surface area contributed by atoms with Crippen molar-refractivity contribution in [3.05, 3.63) is 81.6 Å². The summed E-state index contributed by atoms with van der Waals surface area (Å²) < 4.78 is 7.19. The summed E-state index contributed by atoms with van der Waals surface area (Å²) in [6.07, 6.45) is 3.17. The second kappa shape index (κ2) is 7.92. The number of amides is 1. The van der Waals surface area contributed by atoms with Gasteiger partial charge in [-0.05, 0) is 29.8 Å². The van der Waals surface area contributed by atoms with E-state index in [0.717, 1.165) is 15.6 Å². The Labute approximate surface area is 158 Å². The predicted octanol–water partition coefficient (Wildman–Crippen LogP) is 2.17. The van der Waals surface area contributed by atoms with E-state index in [1.54, 1.807) is 18.6 Å². The van der Waals surface area contributed by atoms with E-state index in [9.17, 15) is 4.79 Å². The maximum atomic E-state index is 12.5. The number of carbonyl (C=O) groups excluding carboxylic acids is 1. The van der Waals surface area contributed by atoms with Crippen LogP contribution in [0, 0.1) is 0 Å². The molecule has 2 aromatic heterocycles. The fourth-order valence-corrected chi connectivity index (χ4v) is 2.76. The molecule has 0 spiro atoms. The highest BCUT2D eigenvalue weighted by molar-refractivity contribution is 9.10. The summed E-state index contributed by atoms with van der Waals surface area (Å²) in [5.74, 6) is 5.90. The van der Waals surface area contributed by atoms with Crippen molar-refractivity contribution in [2.24, 2.45) is 4.99 Å². The van der Waals surface area contributed by atoms with E-state index in [0.29, 0.717) is 24.1 Å². The maximum absolute atomic E-state index is 12.5. The first-order valence-electron chi connectivity index (χ1n) is 7.85. The lowest BCUT2D eigenvalue weighted by Crippen LogP contribution is -2.33. The molecule has 26 heavy (non-hydrogen) atoms. The van der Waals surface area contributed by atoms with Crippen LogP contribution in [0.25, 0.3) is 0 Å². The molecule has 0 bridgehead atoms. The zero-order chi connectivity index (χ0) is 18.5. The molecule has 1 aromatic carbocycles. The first kappa shape index (κ1) is 17.8. The van der Waals surface area contributed by atoms with Crippen molar-refractivity contribution in [1.29, 1.82) is 0 Å². The van der Waals surface area contributed by atoms with E-state index < -0.39 is 0 Å². The number of anilines is 1. The molecule has 3 rings (SSSR count). The molecule has 2 heterocycles. The van der Waals surface area contributed by atoms with Crippen LogP contribution in [0.4, 0.5) is 5.82 Å². The van der Waals surface area contributed by atoms with Gasteiger partial charge in [-0.2, -0.15) is 0 Å². The largest absolute Gasteiger partial charge is 0.472 e. The van der Waals surface area contributed by atoms with E-state index >= 15 is 0 Å². The number of nitrogens with zero attached hydrogens (tertiary/aromatic N) is 2. The van der Waals surface area contributed by atoms with E-state index in [2.05, 4.69) is 26.2 Å². The van der Waals surface area contributed by atoms with Gasteiger partial charge in [0.05, 0.1) is 19.1 Å². The molecule has 0 radical (unpaired) electrons. The van der Waals surface area contributed by atoms with Gasteiger partial charge in [0, 0.05) is 22.1 Å². The van der Waals surface area contributed by atoms with E-state index in [4.69, 9.17) is 16.0 Å². The zero-order valence-corrected chi connectivity index (χ0v) is 15.4. The van der Waals surface area contributed by atoms with Crippen molar-refractivity contribution in [1.82, 2.24) is 9.99 Å². The third-order valence-corrected chi connectivity index (χ3v) is 4.55. The molecule has 8 heteroatoms. The topological polar surface area (TPSA) is 112 Å². The fourth-order valence-electron chi connectivity index (χ4n) is 2.34. The molecule has 0 aliphatic carbocycles. The number of halogens is 1. The third kappa shape index (κ3) is 4.15.